The van der Waals surface area contributed by atoms with Crippen molar-refractivity contribution >= 4 is 33.2 Å². The SMILES string of the molecule is CCOc1ccc(Br)cc1C(=O)Nc1cc([N+](=O)[O-])ccc1[O-]. The number of ether oxygens (including phenoxy) is 1. The van der Waals surface area contributed by atoms with Crippen LogP contribution in [0.25, 0.3) is 0 Å². The Hall–Kier alpha value is -2.61. The number of non-ortho nitro benzene ring substituents is 1. The van der Waals surface area contributed by atoms with E-state index in [-0.39, 0.29) is 16.9 Å². The summed E-state index contributed by atoms with van der Waals surface area (Å²) in [5.41, 5.74) is -0.224. The lowest BCUT2D eigenvalue weighted by molar-refractivity contribution is -0.385. The number of hydrogen-bond donors (Lipinski definition) is 1. The van der Waals surface area contributed by atoms with E-state index in [1.54, 1.807) is 25.1 Å². The fraction of sp³-hybridized carbons (Fsp3) is 0.133. The molecule has 0 heterocycles. The van der Waals surface area contributed by atoms with Crippen LogP contribution in [0.3, 0.4) is 0 Å². The molecule has 0 saturated carbocycles. The van der Waals surface area contributed by atoms with Gasteiger partial charge >= 0.3 is 0 Å². The van der Waals surface area contributed by atoms with Crippen molar-refractivity contribution in [2.45, 2.75) is 6.92 Å². The summed E-state index contributed by atoms with van der Waals surface area (Å²) in [6.07, 6.45) is 0. The molecule has 23 heavy (non-hydrogen) atoms. The maximum absolute atomic E-state index is 12.4. The first-order valence-corrected chi connectivity index (χ1v) is 7.40. The molecule has 0 fully saturated rings. The van der Waals surface area contributed by atoms with Gasteiger partial charge in [-0.3, -0.25) is 14.9 Å². The van der Waals surface area contributed by atoms with Gasteiger partial charge in [-0.1, -0.05) is 27.7 Å². The van der Waals surface area contributed by atoms with E-state index < -0.39 is 16.6 Å². The zero-order valence-corrected chi connectivity index (χ0v) is 13.6. The van der Waals surface area contributed by atoms with Crippen LogP contribution in [0, 0.1) is 10.1 Å². The second-order valence-corrected chi connectivity index (χ2v) is 5.38. The fourth-order valence-corrected chi connectivity index (χ4v) is 2.24. The Morgan fingerprint density at radius 3 is 2.70 bits per heavy atom. The number of nitrogens with one attached hydrogen (secondary N) is 1. The average Bonchev–Trinajstić information content (AvgIpc) is 2.51. The lowest BCUT2D eigenvalue weighted by Gasteiger charge is -2.15. The van der Waals surface area contributed by atoms with Crippen LogP contribution in [0.4, 0.5) is 11.4 Å². The number of nitro benzene ring substituents is 1. The number of nitrogens with zero attached hydrogens (tertiary/aromatic N) is 1. The zero-order valence-electron chi connectivity index (χ0n) is 12.0. The van der Waals surface area contributed by atoms with Gasteiger partial charge in [-0.2, -0.15) is 0 Å². The Balaban J connectivity index is 2.34. The molecule has 0 aliphatic heterocycles. The van der Waals surface area contributed by atoms with Gasteiger partial charge in [0.05, 0.1) is 17.1 Å². The van der Waals surface area contributed by atoms with Crippen LogP contribution in [-0.4, -0.2) is 17.4 Å². The largest absolute Gasteiger partial charge is 0.871 e. The maximum atomic E-state index is 12.4. The Kier molecular flexibility index (Phi) is 5.17. The van der Waals surface area contributed by atoms with Gasteiger partial charge in [0.15, 0.2) is 0 Å². The third kappa shape index (κ3) is 3.98. The Morgan fingerprint density at radius 2 is 2.04 bits per heavy atom. The molecule has 2 aromatic carbocycles. The summed E-state index contributed by atoms with van der Waals surface area (Å²) in [5, 5.41) is 24.9. The lowest BCUT2D eigenvalue weighted by Crippen LogP contribution is -2.15. The molecule has 0 aliphatic rings. The lowest BCUT2D eigenvalue weighted by atomic mass is 10.1. The molecule has 120 valence electrons. The number of benzene rings is 2. The monoisotopic (exact) mass is 379 g/mol. The first-order chi connectivity index (χ1) is 10.9. The van der Waals surface area contributed by atoms with Crippen LogP contribution in [0.1, 0.15) is 17.3 Å². The van der Waals surface area contributed by atoms with Crippen molar-refractivity contribution in [3.63, 3.8) is 0 Å². The summed E-state index contributed by atoms with van der Waals surface area (Å²) in [6, 6.07) is 8.03. The molecule has 0 aliphatic carbocycles. The topological polar surface area (TPSA) is 105 Å². The minimum atomic E-state index is -0.639. The molecule has 7 nitrogen and oxygen atoms in total. The second kappa shape index (κ2) is 7.10. The van der Waals surface area contributed by atoms with Gasteiger partial charge in [0.25, 0.3) is 11.6 Å². The predicted octanol–water partition coefficient (Wildman–Crippen LogP) is 3.08. The highest BCUT2D eigenvalue weighted by atomic mass is 79.9. The van der Waals surface area contributed by atoms with E-state index in [1.807, 2.05) is 0 Å². The van der Waals surface area contributed by atoms with E-state index in [4.69, 9.17) is 4.74 Å². The number of halogens is 1. The van der Waals surface area contributed by atoms with Crippen LogP contribution >= 0.6 is 15.9 Å². The number of anilines is 1. The van der Waals surface area contributed by atoms with Gasteiger partial charge in [-0.05, 0) is 25.1 Å². The summed E-state index contributed by atoms with van der Waals surface area (Å²) in [6.45, 7) is 2.14. The molecule has 0 bridgehead atoms. The number of carbonyl (C=O) groups excluding carboxylic acids is 1. The van der Waals surface area contributed by atoms with E-state index in [0.717, 1.165) is 18.2 Å². The normalized spacial score (nSPS) is 10.2. The highest BCUT2D eigenvalue weighted by Gasteiger charge is 2.15. The average molecular weight is 380 g/mol. The highest BCUT2D eigenvalue weighted by Crippen LogP contribution is 2.28. The van der Waals surface area contributed by atoms with Crippen LogP contribution < -0.4 is 15.2 Å². The first-order valence-electron chi connectivity index (χ1n) is 6.61. The Bertz CT molecular complexity index is 764. The van der Waals surface area contributed by atoms with Crippen molar-refractivity contribution in [2.24, 2.45) is 0 Å². The molecule has 0 radical (unpaired) electrons. The zero-order chi connectivity index (χ0) is 17.0. The van der Waals surface area contributed by atoms with Gasteiger partial charge < -0.3 is 15.2 Å². The van der Waals surface area contributed by atoms with Crippen LogP contribution in [-0.2, 0) is 0 Å². The van der Waals surface area contributed by atoms with Crippen molar-refractivity contribution in [1.29, 1.82) is 0 Å². The van der Waals surface area contributed by atoms with E-state index in [1.165, 1.54) is 0 Å². The number of nitro groups is 1. The molecule has 1 N–H and O–H groups in total. The Labute approximate surface area is 140 Å². The van der Waals surface area contributed by atoms with E-state index >= 15 is 0 Å². The smallest absolute Gasteiger partial charge is 0.271 e. The molecule has 1 amide bonds. The van der Waals surface area contributed by atoms with Gasteiger partial charge in [-0.15, -0.1) is 0 Å². The predicted molar refractivity (Wildman–Crippen MR) is 85.8 cm³/mol. The molecule has 8 heteroatoms. The summed E-state index contributed by atoms with van der Waals surface area (Å²) in [5.74, 6) is -0.754. The van der Waals surface area contributed by atoms with E-state index in [9.17, 15) is 20.0 Å². The fourth-order valence-electron chi connectivity index (χ4n) is 1.88. The minimum Gasteiger partial charge on any atom is -0.871 e. The van der Waals surface area contributed by atoms with Gasteiger partial charge in [-0.25, -0.2) is 0 Å². The van der Waals surface area contributed by atoms with Crippen molar-refractivity contribution in [3.05, 3.63) is 56.5 Å². The summed E-state index contributed by atoms with van der Waals surface area (Å²) >= 11 is 3.26. The molecular weight excluding hydrogens is 368 g/mol. The van der Waals surface area contributed by atoms with Crippen LogP contribution in [0.15, 0.2) is 40.9 Å². The molecular formula is C15H12BrN2O5-. The molecule has 0 spiro atoms. The number of rotatable bonds is 5. The third-order valence-corrected chi connectivity index (χ3v) is 3.40. The molecule has 2 aromatic rings. The highest BCUT2D eigenvalue weighted by molar-refractivity contribution is 9.10. The van der Waals surface area contributed by atoms with Gasteiger partial charge in [0, 0.05) is 22.3 Å². The van der Waals surface area contributed by atoms with Gasteiger partial charge in [0.2, 0.25) is 0 Å². The summed E-state index contributed by atoms with van der Waals surface area (Å²) < 4.78 is 6.03. The third-order valence-electron chi connectivity index (χ3n) is 2.91. The van der Waals surface area contributed by atoms with Crippen LogP contribution in [0.5, 0.6) is 11.5 Å². The molecule has 0 atom stereocenters. The second-order valence-electron chi connectivity index (χ2n) is 4.47. The van der Waals surface area contributed by atoms with Gasteiger partial charge in [0.1, 0.15) is 5.75 Å². The first kappa shape index (κ1) is 16.8. The molecule has 0 unspecified atom stereocenters. The molecule has 0 aromatic heterocycles. The minimum absolute atomic E-state index is 0.161. The Morgan fingerprint density at radius 1 is 1.30 bits per heavy atom. The summed E-state index contributed by atoms with van der Waals surface area (Å²) in [7, 11) is 0. The quantitative estimate of drug-likeness (QED) is 0.634. The number of carbonyl (C=O) groups is 1. The number of amides is 1. The van der Waals surface area contributed by atoms with Crippen LogP contribution in [0.2, 0.25) is 0 Å². The maximum Gasteiger partial charge on any atom is 0.271 e. The molecule has 0 saturated heterocycles. The van der Waals surface area contributed by atoms with Crippen molar-refractivity contribution < 1.29 is 19.6 Å². The standard InChI is InChI=1S/C15H13BrN2O5/c1-2-23-14-6-3-9(16)7-11(14)15(20)17-12-8-10(18(21)22)4-5-13(12)19/h3-8,19H,2H2,1H3,(H,17,20)/p-1. The summed E-state index contributed by atoms with van der Waals surface area (Å²) in [4.78, 5) is 22.5. The van der Waals surface area contributed by atoms with Crippen molar-refractivity contribution in [2.75, 3.05) is 11.9 Å². The molecule has 2 rings (SSSR count). The van der Waals surface area contributed by atoms with Crippen molar-refractivity contribution in [3.8, 4) is 11.5 Å². The van der Waals surface area contributed by atoms with E-state index in [2.05, 4.69) is 21.2 Å². The number of hydrogen-bond acceptors (Lipinski definition) is 5. The van der Waals surface area contributed by atoms with Crippen molar-refractivity contribution in [1.82, 2.24) is 0 Å². The van der Waals surface area contributed by atoms with E-state index in [0.29, 0.717) is 16.8 Å².